The van der Waals surface area contributed by atoms with Gasteiger partial charge in [0.1, 0.15) is 0 Å². The first kappa shape index (κ1) is 10.5. The molecular weight excluding hydrogens is 208 g/mol. The van der Waals surface area contributed by atoms with Crippen molar-refractivity contribution in [3.63, 3.8) is 0 Å². The van der Waals surface area contributed by atoms with Crippen molar-refractivity contribution in [2.75, 3.05) is 19.1 Å². The molecule has 0 spiro atoms. The maximum Gasteiger partial charge on any atom is 0.261 e. The van der Waals surface area contributed by atoms with Crippen LogP contribution in [0.3, 0.4) is 0 Å². The Morgan fingerprint density at radius 2 is 2.33 bits per heavy atom. The molecule has 0 fully saturated rings. The lowest BCUT2D eigenvalue weighted by Gasteiger charge is -2.30. The average molecular weight is 224 g/mol. The van der Waals surface area contributed by atoms with Gasteiger partial charge in [-0.25, -0.2) is 0 Å². The number of nitrogens with zero attached hydrogens (tertiary/aromatic N) is 2. The van der Waals surface area contributed by atoms with Crippen LogP contribution in [0, 0.1) is 0 Å². The number of aromatic nitrogens is 1. The summed E-state index contributed by atoms with van der Waals surface area (Å²) >= 11 is 0. The van der Waals surface area contributed by atoms with Crippen LogP contribution < -0.4 is 0 Å². The zero-order chi connectivity index (χ0) is 10.8. The van der Waals surface area contributed by atoms with Crippen LogP contribution in [0.5, 0.6) is 0 Å². The van der Waals surface area contributed by atoms with Crippen molar-refractivity contribution in [3.8, 4) is 0 Å². The second kappa shape index (κ2) is 4.23. The SMILES string of the molecule is C[SH](C)C(=O)N1CCc2ncccc2C1. The molecule has 15 heavy (non-hydrogen) atoms. The third-order valence-corrected chi connectivity index (χ3v) is 3.67. The Kier molecular flexibility index (Phi) is 2.95. The van der Waals surface area contributed by atoms with E-state index in [0.29, 0.717) is 5.24 Å². The van der Waals surface area contributed by atoms with Gasteiger partial charge in [0, 0.05) is 31.4 Å². The van der Waals surface area contributed by atoms with Crippen LogP contribution in [0.1, 0.15) is 11.3 Å². The predicted molar refractivity (Wildman–Crippen MR) is 64.6 cm³/mol. The van der Waals surface area contributed by atoms with Crippen LogP contribution in [0.15, 0.2) is 18.3 Å². The van der Waals surface area contributed by atoms with E-state index < -0.39 is 10.9 Å². The van der Waals surface area contributed by atoms with Gasteiger partial charge in [-0.3, -0.25) is 9.78 Å². The van der Waals surface area contributed by atoms with Crippen LogP contribution in [0.2, 0.25) is 0 Å². The molecule has 82 valence electrons. The first-order chi connectivity index (χ1) is 7.18. The predicted octanol–water partition coefficient (Wildman–Crippen LogP) is 1.82. The summed E-state index contributed by atoms with van der Waals surface area (Å²) in [5.41, 5.74) is 2.35. The zero-order valence-corrected chi connectivity index (χ0v) is 10.00. The molecule has 0 atom stereocenters. The maximum absolute atomic E-state index is 11.8. The van der Waals surface area contributed by atoms with Crippen molar-refractivity contribution in [1.29, 1.82) is 0 Å². The minimum Gasteiger partial charge on any atom is -0.330 e. The summed E-state index contributed by atoms with van der Waals surface area (Å²) in [6.07, 6.45) is 6.74. The van der Waals surface area contributed by atoms with Gasteiger partial charge in [-0.15, -0.1) is 0 Å². The lowest BCUT2D eigenvalue weighted by molar-refractivity contribution is 0.217. The Morgan fingerprint density at radius 3 is 3.07 bits per heavy atom. The highest BCUT2D eigenvalue weighted by Crippen LogP contribution is 2.24. The Hall–Kier alpha value is -1.03. The van der Waals surface area contributed by atoms with Crippen LogP contribution >= 0.6 is 10.9 Å². The fourth-order valence-electron chi connectivity index (χ4n) is 1.81. The molecule has 0 aliphatic carbocycles. The summed E-state index contributed by atoms with van der Waals surface area (Å²) in [4.78, 5) is 18.1. The summed E-state index contributed by atoms with van der Waals surface area (Å²) in [6, 6.07) is 4.00. The molecule has 1 aromatic rings. The van der Waals surface area contributed by atoms with Gasteiger partial charge in [-0.2, -0.15) is 10.9 Å². The lowest BCUT2D eigenvalue weighted by atomic mass is 10.1. The Bertz CT molecular complexity index is 379. The summed E-state index contributed by atoms with van der Waals surface area (Å²) in [5.74, 6) is 0. The van der Waals surface area contributed by atoms with E-state index in [9.17, 15) is 4.79 Å². The van der Waals surface area contributed by atoms with Gasteiger partial charge in [-0.05, 0) is 24.1 Å². The number of rotatable bonds is 0. The third kappa shape index (κ3) is 2.15. The van der Waals surface area contributed by atoms with E-state index in [2.05, 4.69) is 11.1 Å². The lowest BCUT2D eigenvalue weighted by Crippen LogP contribution is -2.35. The standard InChI is InChI=1S/C11H16N2OS/c1-15(2)11(14)13-7-5-10-9(8-13)4-3-6-12-10/h3-4,6,15H,5,7-8H2,1-2H3. The van der Waals surface area contributed by atoms with E-state index in [4.69, 9.17) is 0 Å². The first-order valence-electron chi connectivity index (χ1n) is 5.07. The number of hydrogen-bond acceptors (Lipinski definition) is 2. The monoisotopic (exact) mass is 224 g/mol. The topological polar surface area (TPSA) is 33.2 Å². The van der Waals surface area contributed by atoms with Gasteiger partial charge in [0.25, 0.3) is 5.24 Å². The van der Waals surface area contributed by atoms with Gasteiger partial charge in [-0.1, -0.05) is 6.07 Å². The average Bonchev–Trinajstić information content (AvgIpc) is 2.27. The van der Waals surface area contributed by atoms with Gasteiger partial charge in [0.05, 0.1) is 0 Å². The molecule has 1 aliphatic rings. The van der Waals surface area contributed by atoms with E-state index >= 15 is 0 Å². The minimum atomic E-state index is -0.507. The van der Waals surface area contributed by atoms with Gasteiger partial charge in [0.15, 0.2) is 0 Å². The highest BCUT2D eigenvalue weighted by atomic mass is 32.2. The maximum atomic E-state index is 11.8. The van der Waals surface area contributed by atoms with Gasteiger partial charge >= 0.3 is 0 Å². The summed E-state index contributed by atoms with van der Waals surface area (Å²) in [7, 11) is -0.507. The summed E-state index contributed by atoms with van der Waals surface area (Å²) in [6.45, 7) is 1.56. The molecule has 3 nitrogen and oxygen atoms in total. The molecule has 4 heteroatoms. The van der Waals surface area contributed by atoms with E-state index in [1.165, 1.54) is 5.56 Å². The molecule has 0 unspecified atom stereocenters. The number of carbonyl (C=O) groups is 1. The second-order valence-corrected chi connectivity index (χ2v) is 6.13. The molecule has 2 heterocycles. The smallest absolute Gasteiger partial charge is 0.261 e. The van der Waals surface area contributed by atoms with E-state index in [0.717, 1.165) is 25.2 Å². The summed E-state index contributed by atoms with van der Waals surface area (Å²) < 4.78 is 0. The fourth-order valence-corrected chi connectivity index (χ4v) is 2.55. The quantitative estimate of drug-likeness (QED) is 0.682. The van der Waals surface area contributed by atoms with E-state index in [1.807, 2.05) is 29.7 Å². The zero-order valence-electron chi connectivity index (χ0n) is 9.10. The minimum absolute atomic E-state index is 0.305. The van der Waals surface area contributed by atoms with Crippen molar-refractivity contribution < 1.29 is 4.79 Å². The number of fused-ring (bicyclic) bond motifs is 1. The molecule has 0 N–H and O–H groups in total. The normalized spacial score (nSPS) is 15.9. The fraction of sp³-hybridized carbons (Fsp3) is 0.455. The Morgan fingerprint density at radius 1 is 1.53 bits per heavy atom. The molecule has 1 aliphatic heterocycles. The molecule has 1 aromatic heterocycles. The summed E-state index contributed by atoms with van der Waals surface area (Å²) in [5, 5.41) is 0.305. The molecular formula is C11H16N2OS. The van der Waals surface area contributed by atoms with Crippen LogP contribution in [-0.2, 0) is 13.0 Å². The molecule has 0 saturated carbocycles. The number of carbonyl (C=O) groups excluding carboxylic acids is 1. The van der Waals surface area contributed by atoms with Gasteiger partial charge in [0.2, 0.25) is 0 Å². The Balaban J connectivity index is 2.15. The first-order valence-corrected chi connectivity index (χ1v) is 7.31. The number of hydrogen-bond donors (Lipinski definition) is 1. The molecule has 0 bridgehead atoms. The van der Waals surface area contributed by atoms with Crippen molar-refractivity contribution in [3.05, 3.63) is 29.6 Å². The van der Waals surface area contributed by atoms with E-state index in [-0.39, 0.29) is 0 Å². The molecule has 0 saturated heterocycles. The van der Waals surface area contributed by atoms with Crippen LogP contribution in [0.4, 0.5) is 4.79 Å². The second-order valence-electron chi connectivity index (χ2n) is 3.96. The van der Waals surface area contributed by atoms with Crippen LogP contribution in [0.25, 0.3) is 0 Å². The molecule has 2 rings (SSSR count). The van der Waals surface area contributed by atoms with Crippen molar-refractivity contribution in [1.82, 2.24) is 9.88 Å². The number of pyridine rings is 1. The van der Waals surface area contributed by atoms with Crippen LogP contribution in [-0.4, -0.2) is 34.2 Å². The largest absolute Gasteiger partial charge is 0.330 e. The molecule has 0 aromatic carbocycles. The highest BCUT2D eigenvalue weighted by molar-refractivity contribution is 8.28. The van der Waals surface area contributed by atoms with Crippen molar-refractivity contribution in [2.24, 2.45) is 0 Å². The third-order valence-electron chi connectivity index (χ3n) is 2.62. The molecule has 1 amide bonds. The van der Waals surface area contributed by atoms with Crippen molar-refractivity contribution >= 4 is 16.1 Å². The van der Waals surface area contributed by atoms with Crippen molar-refractivity contribution in [2.45, 2.75) is 13.0 Å². The molecule has 0 radical (unpaired) electrons. The highest BCUT2D eigenvalue weighted by Gasteiger charge is 2.21. The van der Waals surface area contributed by atoms with Gasteiger partial charge < -0.3 is 4.90 Å². The number of amides is 1. The van der Waals surface area contributed by atoms with E-state index in [1.54, 1.807) is 0 Å². The number of thiol groups is 1. The Labute approximate surface area is 92.8 Å².